The SMILES string of the molecule is CC[C@@H]1C[C@H](C)CC/C=C\[C@@H]2C[C@@]2(C(=O)NS(=O)(=O)C2(C)CC2)NC(=O)[C@@H]2C[C@@H](Oc3cnc(Cl)c4ccc(OC)cc34)CN2C(=O)[C@H]1NC(=O)O. The summed E-state index contributed by atoms with van der Waals surface area (Å²) in [6, 6.07) is 2.89. The van der Waals surface area contributed by atoms with E-state index in [9.17, 15) is 32.7 Å². The quantitative estimate of drug-likeness (QED) is 0.224. The van der Waals surface area contributed by atoms with Crippen LogP contribution in [-0.2, 0) is 24.4 Å². The molecule has 4 N–H and O–H groups in total. The Balaban J connectivity index is 1.36. The van der Waals surface area contributed by atoms with Crippen molar-refractivity contribution in [3.05, 3.63) is 41.7 Å². The first kappa shape index (κ1) is 37.6. The van der Waals surface area contributed by atoms with E-state index in [2.05, 4.69) is 20.3 Å². The van der Waals surface area contributed by atoms with Gasteiger partial charge in [0.05, 0.1) is 24.6 Å². The number of hydrogen-bond donors (Lipinski definition) is 4. The zero-order valence-electron chi connectivity index (χ0n) is 29.7. The number of hydrogen-bond acceptors (Lipinski definition) is 9. The molecule has 2 aromatic rings. The molecule has 0 radical (unpaired) electrons. The summed E-state index contributed by atoms with van der Waals surface area (Å²) in [5, 5.41) is 16.6. The van der Waals surface area contributed by atoms with Gasteiger partial charge in [-0.15, -0.1) is 0 Å². The van der Waals surface area contributed by atoms with Gasteiger partial charge < -0.3 is 30.1 Å². The van der Waals surface area contributed by atoms with Crippen LogP contribution in [-0.4, -0.2) is 89.4 Å². The van der Waals surface area contributed by atoms with Gasteiger partial charge in [0.2, 0.25) is 21.8 Å². The van der Waals surface area contributed by atoms with Crippen LogP contribution in [0.5, 0.6) is 11.5 Å². The molecule has 1 saturated heterocycles. The van der Waals surface area contributed by atoms with Gasteiger partial charge in [-0.3, -0.25) is 19.1 Å². The van der Waals surface area contributed by atoms with E-state index in [0.717, 1.165) is 6.42 Å². The normalized spacial score (nSPS) is 30.8. The van der Waals surface area contributed by atoms with Crippen LogP contribution < -0.4 is 24.8 Å². The van der Waals surface area contributed by atoms with E-state index in [1.54, 1.807) is 25.1 Å². The number of sulfonamides is 1. The second-order valence-corrected chi connectivity index (χ2v) is 17.5. The first-order chi connectivity index (χ1) is 24.6. The molecule has 1 aromatic carbocycles. The van der Waals surface area contributed by atoms with Gasteiger partial charge in [0, 0.05) is 23.1 Å². The minimum Gasteiger partial charge on any atom is -0.497 e. The molecule has 3 heterocycles. The smallest absolute Gasteiger partial charge is 0.405 e. The van der Waals surface area contributed by atoms with Crippen molar-refractivity contribution in [2.45, 2.75) is 101 Å². The summed E-state index contributed by atoms with van der Waals surface area (Å²) in [6.07, 6.45) is 6.57. The molecule has 2 saturated carbocycles. The summed E-state index contributed by atoms with van der Waals surface area (Å²) in [5.41, 5.74) is -1.55. The van der Waals surface area contributed by atoms with Crippen molar-refractivity contribution in [2.75, 3.05) is 13.7 Å². The lowest BCUT2D eigenvalue weighted by molar-refractivity contribution is -0.142. The van der Waals surface area contributed by atoms with Gasteiger partial charge >= 0.3 is 6.09 Å². The summed E-state index contributed by atoms with van der Waals surface area (Å²) in [4.78, 5) is 60.4. The molecule has 4 aliphatic rings. The van der Waals surface area contributed by atoms with Crippen molar-refractivity contribution in [3.8, 4) is 11.5 Å². The van der Waals surface area contributed by atoms with Gasteiger partial charge in [-0.25, -0.2) is 18.2 Å². The highest BCUT2D eigenvalue weighted by molar-refractivity contribution is 7.91. The molecule has 52 heavy (non-hydrogen) atoms. The maximum absolute atomic E-state index is 14.5. The topological polar surface area (TPSA) is 193 Å². The van der Waals surface area contributed by atoms with Crippen molar-refractivity contribution in [1.82, 2.24) is 25.2 Å². The fourth-order valence-corrected chi connectivity index (χ4v) is 9.04. The fraction of sp³-hybridized carbons (Fsp3) is 0.583. The number of allylic oxidation sites excluding steroid dienone is 1. The highest BCUT2D eigenvalue weighted by atomic mass is 35.5. The number of carboxylic acid groups (broad SMARTS) is 1. The Kier molecular flexibility index (Phi) is 10.4. The molecule has 0 bridgehead atoms. The van der Waals surface area contributed by atoms with Crippen LogP contribution in [0.1, 0.15) is 72.1 Å². The number of fused-ring (bicyclic) bond motifs is 3. The molecular formula is C36H46ClN5O9S. The molecule has 2 aliphatic heterocycles. The van der Waals surface area contributed by atoms with Gasteiger partial charge in [-0.2, -0.15) is 0 Å². The third-order valence-electron chi connectivity index (χ3n) is 11.2. The van der Waals surface area contributed by atoms with E-state index in [0.29, 0.717) is 54.4 Å². The lowest BCUT2D eigenvalue weighted by atomic mass is 9.85. The van der Waals surface area contributed by atoms with Crippen molar-refractivity contribution < 1.29 is 42.2 Å². The minimum absolute atomic E-state index is 0.00672. The van der Waals surface area contributed by atoms with Crippen LogP contribution in [0, 0.1) is 17.8 Å². The number of nitrogens with one attached hydrogen (secondary N) is 3. The first-order valence-electron chi connectivity index (χ1n) is 17.8. The van der Waals surface area contributed by atoms with Crippen LogP contribution in [0.25, 0.3) is 10.8 Å². The monoisotopic (exact) mass is 759 g/mol. The Labute approximate surface area is 308 Å². The number of nitrogens with zero attached hydrogens (tertiary/aromatic N) is 2. The third kappa shape index (κ3) is 7.39. The lowest BCUT2D eigenvalue weighted by Gasteiger charge is -2.33. The number of pyridine rings is 1. The third-order valence-corrected chi connectivity index (χ3v) is 13.6. The van der Waals surface area contributed by atoms with Crippen LogP contribution >= 0.6 is 11.6 Å². The second kappa shape index (κ2) is 14.4. The van der Waals surface area contributed by atoms with E-state index in [1.165, 1.54) is 18.2 Å². The number of carbonyl (C=O) groups is 4. The molecule has 7 atom stereocenters. The lowest BCUT2D eigenvalue weighted by Crippen LogP contribution is -2.59. The number of rotatable bonds is 8. The van der Waals surface area contributed by atoms with Gasteiger partial charge in [-0.05, 0) is 75.5 Å². The zero-order chi connectivity index (χ0) is 37.6. The molecule has 4 amide bonds. The summed E-state index contributed by atoms with van der Waals surface area (Å²) >= 11 is 6.38. The van der Waals surface area contributed by atoms with E-state index in [-0.39, 0.29) is 36.4 Å². The number of amides is 4. The second-order valence-electron chi connectivity index (χ2n) is 14.9. The highest BCUT2D eigenvalue weighted by Gasteiger charge is 2.63. The Bertz CT molecular complexity index is 1900. The summed E-state index contributed by atoms with van der Waals surface area (Å²) in [5.74, 6) is -1.92. The fourth-order valence-electron chi connectivity index (χ4n) is 7.51. The molecule has 0 unspecified atom stereocenters. The van der Waals surface area contributed by atoms with Crippen LogP contribution in [0.3, 0.4) is 0 Å². The molecule has 14 nitrogen and oxygen atoms in total. The predicted octanol–water partition coefficient (Wildman–Crippen LogP) is 4.16. The molecule has 16 heteroatoms. The zero-order valence-corrected chi connectivity index (χ0v) is 31.3. The average molecular weight is 760 g/mol. The number of methoxy groups -OCH3 is 1. The minimum atomic E-state index is -4.01. The Hall–Kier alpha value is -4.11. The Morgan fingerprint density at radius 2 is 1.94 bits per heavy atom. The predicted molar refractivity (Wildman–Crippen MR) is 192 cm³/mol. The van der Waals surface area contributed by atoms with E-state index in [1.807, 2.05) is 26.0 Å². The first-order valence-corrected chi connectivity index (χ1v) is 19.6. The van der Waals surface area contributed by atoms with Crippen LogP contribution in [0.2, 0.25) is 5.15 Å². The van der Waals surface area contributed by atoms with Crippen molar-refractivity contribution in [1.29, 1.82) is 0 Å². The molecule has 2 aliphatic carbocycles. The number of halogens is 1. The van der Waals surface area contributed by atoms with Gasteiger partial charge in [0.25, 0.3) is 5.91 Å². The van der Waals surface area contributed by atoms with Gasteiger partial charge in [0.1, 0.15) is 40.4 Å². The van der Waals surface area contributed by atoms with Gasteiger partial charge in [-0.1, -0.05) is 44.0 Å². The van der Waals surface area contributed by atoms with Crippen molar-refractivity contribution in [2.24, 2.45) is 17.8 Å². The molecular weight excluding hydrogens is 714 g/mol. The van der Waals surface area contributed by atoms with E-state index < -0.39 is 68.2 Å². The highest BCUT2D eigenvalue weighted by Crippen LogP contribution is 2.48. The van der Waals surface area contributed by atoms with Crippen molar-refractivity contribution in [3.63, 3.8) is 0 Å². The Morgan fingerprint density at radius 3 is 2.62 bits per heavy atom. The number of carbonyl (C=O) groups excluding carboxylic acids is 3. The summed E-state index contributed by atoms with van der Waals surface area (Å²) in [7, 11) is -2.48. The van der Waals surface area contributed by atoms with Crippen LogP contribution in [0.4, 0.5) is 4.79 Å². The summed E-state index contributed by atoms with van der Waals surface area (Å²) < 4.78 is 39.3. The number of benzene rings is 1. The van der Waals surface area contributed by atoms with Crippen molar-refractivity contribution >= 4 is 56.2 Å². The van der Waals surface area contributed by atoms with E-state index >= 15 is 0 Å². The molecule has 3 fully saturated rings. The molecule has 6 rings (SSSR count). The van der Waals surface area contributed by atoms with E-state index in [4.69, 9.17) is 21.1 Å². The van der Waals surface area contributed by atoms with Gasteiger partial charge in [0.15, 0.2) is 0 Å². The maximum atomic E-state index is 14.5. The standard InChI is InChI=1S/C36H46ClN5O9S/c1-5-21-14-20(2)8-6-7-9-22-17-36(22,33(45)41-52(48,49)35(3)12-13-35)40-31(43)27-16-24(19-42(27)32(44)29(21)39-34(46)47)51-28-18-38-30(37)25-11-10-23(50-4)15-26(25)28/h7,9-11,15,18,20-22,24,27,29,39H,5-6,8,12-14,16-17,19H2,1-4H3,(H,40,43)(H,41,45)(H,46,47)/b9-7-/t20-,21-,22-,24-,27+,29+,36-/m1/s1. The number of aromatic nitrogens is 1. The molecule has 0 spiro atoms. The largest absolute Gasteiger partial charge is 0.497 e. The van der Waals surface area contributed by atoms with Crippen LogP contribution in [0.15, 0.2) is 36.5 Å². The molecule has 282 valence electrons. The summed E-state index contributed by atoms with van der Waals surface area (Å²) in [6.45, 7) is 5.43. The molecule has 1 aromatic heterocycles. The maximum Gasteiger partial charge on any atom is 0.405 e. The number of ether oxygens (including phenoxy) is 2. The average Bonchev–Trinajstić information content (AvgIpc) is 3.98. The Morgan fingerprint density at radius 1 is 1.19 bits per heavy atom.